The third-order valence-electron chi connectivity index (χ3n) is 5.84. The number of rotatable bonds is 4. The molecule has 8 nitrogen and oxygen atoms in total. The van der Waals surface area contributed by atoms with Crippen LogP contribution in [0, 0.1) is 13.8 Å². The maximum absolute atomic E-state index is 12.9. The van der Waals surface area contributed by atoms with Crippen LogP contribution in [0.2, 0.25) is 0 Å². The van der Waals surface area contributed by atoms with Crippen LogP contribution in [0.4, 0.5) is 18.9 Å². The molecule has 0 atom stereocenters. The second-order valence-corrected chi connectivity index (χ2v) is 8.25. The Morgan fingerprint density at radius 1 is 1.09 bits per heavy atom. The Morgan fingerprint density at radius 2 is 1.86 bits per heavy atom. The fourth-order valence-electron chi connectivity index (χ4n) is 3.89. The van der Waals surface area contributed by atoms with Gasteiger partial charge in [0.1, 0.15) is 0 Å². The molecule has 4 heterocycles. The molecule has 0 radical (unpaired) electrons. The number of carbonyl (C=O) groups excluding carboxylic acids is 2. The van der Waals surface area contributed by atoms with Gasteiger partial charge in [-0.2, -0.15) is 18.3 Å². The Bertz CT molecular complexity index is 1310. The molecule has 2 amide bonds. The predicted octanol–water partition coefficient (Wildman–Crippen LogP) is 4.19. The van der Waals surface area contributed by atoms with Gasteiger partial charge in [-0.3, -0.25) is 14.6 Å². The molecule has 3 aromatic heterocycles. The molecule has 35 heavy (non-hydrogen) atoms. The fraction of sp³-hybridized carbons (Fsp3) is 0.292. The first-order valence-corrected chi connectivity index (χ1v) is 10.9. The van der Waals surface area contributed by atoms with E-state index < -0.39 is 17.6 Å². The first kappa shape index (κ1) is 24.1. The zero-order chi connectivity index (χ0) is 25.3. The predicted molar refractivity (Wildman–Crippen MR) is 123 cm³/mol. The van der Waals surface area contributed by atoms with Gasteiger partial charge in [0, 0.05) is 26.2 Å². The van der Waals surface area contributed by atoms with E-state index in [0.29, 0.717) is 30.9 Å². The molecule has 0 aliphatic carbocycles. The molecule has 0 saturated heterocycles. The number of pyridine rings is 2. The number of hydrogen-bond donors (Lipinski definition) is 1. The van der Waals surface area contributed by atoms with Gasteiger partial charge in [-0.05, 0) is 49.6 Å². The number of halogens is 3. The van der Waals surface area contributed by atoms with Gasteiger partial charge in [0.05, 0.1) is 40.6 Å². The Balaban J connectivity index is 1.48. The van der Waals surface area contributed by atoms with Crippen LogP contribution >= 0.6 is 0 Å². The van der Waals surface area contributed by atoms with Crippen LogP contribution in [0.15, 0.2) is 42.9 Å². The number of aryl methyl sites for hydroxylation is 1. The number of nitrogens with one attached hydrogen (secondary N) is 1. The summed E-state index contributed by atoms with van der Waals surface area (Å²) in [7, 11) is 0. The van der Waals surface area contributed by atoms with Crippen molar-refractivity contribution in [2.45, 2.75) is 33.4 Å². The minimum absolute atomic E-state index is 0.0377. The van der Waals surface area contributed by atoms with Gasteiger partial charge in [-0.15, -0.1) is 0 Å². The Kier molecular flexibility index (Phi) is 6.42. The summed E-state index contributed by atoms with van der Waals surface area (Å²) >= 11 is 0. The highest BCUT2D eigenvalue weighted by Crippen LogP contribution is 2.29. The van der Waals surface area contributed by atoms with Crippen molar-refractivity contribution in [3.05, 3.63) is 70.9 Å². The molecular formula is C24H23F3N6O2. The molecular weight excluding hydrogens is 461 g/mol. The van der Waals surface area contributed by atoms with Gasteiger partial charge in [-0.1, -0.05) is 6.08 Å². The topological polar surface area (TPSA) is 93.0 Å². The minimum Gasteiger partial charge on any atom is -0.339 e. The lowest BCUT2D eigenvalue weighted by atomic mass is 10.0. The largest absolute Gasteiger partial charge is 0.417 e. The van der Waals surface area contributed by atoms with Crippen molar-refractivity contribution in [1.82, 2.24) is 24.6 Å². The molecule has 1 aliphatic heterocycles. The van der Waals surface area contributed by atoms with E-state index in [9.17, 15) is 22.8 Å². The SMILES string of the molecule is CC(=O)N1CC=C(c2ncc(NC(=O)c3cnn(-c4ccc(C(F)(F)F)cn4)c3C)cc2C)CC1. The number of amides is 2. The summed E-state index contributed by atoms with van der Waals surface area (Å²) in [5.41, 5.74) is 3.08. The van der Waals surface area contributed by atoms with E-state index in [-0.39, 0.29) is 17.3 Å². The molecule has 0 spiro atoms. The number of anilines is 1. The molecule has 182 valence electrons. The normalized spacial score (nSPS) is 14.0. The molecule has 0 fully saturated rings. The highest BCUT2D eigenvalue weighted by molar-refractivity contribution is 6.05. The molecule has 0 bridgehead atoms. The number of aromatic nitrogens is 4. The van der Waals surface area contributed by atoms with Crippen LogP contribution in [-0.4, -0.2) is 49.6 Å². The van der Waals surface area contributed by atoms with Crippen LogP contribution in [-0.2, 0) is 11.0 Å². The molecule has 1 N–H and O–H groups in total. The van der Waals surface area contributed by atoms with E-state index in [4.69, 9.17) is 0 Å². The molecule has 0 saturated carbocycles. The quantitative estimate of drug-likeness (QED) is 0.600. The summed E-state index contributed by atoms with van der Waals surface area (Å²) in [6.07, 6.45) is 1.84. The third-order valence-corrected chi connectivity index (χ3v) is 5.84. The number of nitrogens with zero attached hydrogens (tertiary/aromatic N) is 5. The minimum atomic E-state index is -4.49. The highest BCUT2D eigenvalue weighted by atomic mass is 19.4. The van der Waals surface area contributed by atoms with E-state index in [1.165, 1.54) is 16.9 Å². The molecule has 3 aromatic rings. The van der Waals surface area contributed by atoms with E-state index >= 15 is 0 Å². The monoisotopic (exact) mass is 484 g/mol. The van der Waals surface area contributed by atoms with Gasteiger partial charge < -0.3 is 10.2 Å². The lowest BCUT2D eigenvalue weighted by Gasteiger charge is -2.25. The van der Waals surface area contributed by atoms with E-state index in [1.54, 1.807) is 24.9 Å². The summed E-state index contributed by atoms with van der Waals surface area (Å²) in [4.78, 5) is 34.5. The molecule has 1 aliphatic rings. The summed E-state index contributed by atoms with van der Waals surface area (Å²) in [5, 5.41) is 6.90. The second kappa shape index (κ2) is 9.32. The number of hydrogen-bond acceptors (Lipinski definition) is 5. The lowest BCUT2D eigenvalue weighted by molar-refractivity contribution is -0.137. The Labute approximate surface area is 199 Å². The van der Waals surface area contributed by atoms with Gasteiger partial charge in [0.25, 0.3) is 5.91 Å². The van der Waals surface area contributed by atoms with Crippen LogP contribution in [0.5, 0.6) is 0 Å². The molecule has 11 heteroatoms. The number of alkyl halides is 3. The highest BCUT2D eigenvalue weighted by Gasteiger charge is 2.31. The molecule has 0 unspecified atom stereocenters. The summed E-state index contributed by atoms with van der Waals surface area (Å²) in [5.74, 6) is -0.222. The van der Waals surface area contributed by atoms with E-state index in [2.05, 4.69) is 20.4 Å². The Hall–Kier alpha value is -4.02. The van der Waals surface area contributed by atoms with Crippen LogP contribution in [0.25, 0.3) is 11.4 Å². The fourth-order valence-corrected chi connectivity index (χ4v) is 3.89. The zero-order valence-corrected chi connectivity index (χ0v) is 19.3. The van der Waals surface area contributed by atoms with Crippen molar-refractivity contribution in [3.63, 3.8) is 0 Å². The van der Waals surface area contributed by atoms with Crippen molar-refractivity contribution < 1.29 is 22.8 Å². The summed E-state index contributed by atoms with van der Waals surface area (Å²) in [6, 6.07) is 3.93. The lowest BCUT2D eigenvalue weighted by Crippen LogP contribution is -2.32. The molecule has 4 rings (SSSR count). The van der Waals surface area contributed by atoms with Gasteiger partial charge in [0.2, 0.25) is 5.91 Å². The van der Waals surface area contributed by atoms with E-state index in [1.807, 2.05) is 19.1 Å². The summed E-state index contributed by atoms with van der Waals surface area (Å²) < 4.78 is 39.7. The van der Waals surface area contributed by atoms with Crippen molar-refractivity contribution in [1.29, 1.82) is 0 Å². The number of carbonyl (C=O) groups is 2. The molecule has 0 aromatic carbocycles. The maximum atomic E-state index is 12.9. The van der Waals surface area contributed by atoms with E-state index in [0.717, 1.165) is 29.1 Å². The Morgan fingerprint density at radius 3 is 2.43 bits per heavy atom. The van der Waals surface area contributed by atoms with Crippen molar-refractivity contribution in [2.24, 2.45) is 0 Å². The smallest absolute Gasteiger partial charge is 0.339 e. The summed E-state index contributed by atoms with van der Waals surface area (Å²) in [6.45, 7) is 6.26. The van der Waals surface area contributed by atoms with Crippen LogP contribution in [0.3, 0.4) is 0 Å². The standard InChI is InChI=1S/C24H23F3N6O2/c1-14-10-19(12-29-22(14)17-6-8-32(9-7-17)16(3)34)31-23(35)20-13-30-33(15(20)2)21-5-4-18(11-28-21)24(25,26)27/h4-6,10-13H,7-9H2,1-3H3,(H,31,35). The second-order valence-electron chi connectivity index (χ2n) is 8.25. The van der Waals surface area contributed by atoms with Crippen molar-refractivity contribution >= 4 is 23.1 Å². The maximum Gasteiger partial charge on any atom is 0.417 e. The zero-order valence-electron chi connectivity index (χ0n) is 19.3. The first-order valence-electron chi connectivity index (χ1n) is 10.9. The van der Waals surface area contributed by atoms with Crippen molar-refractivity contribution in [3.8, 4) is 5.82 Å². The van der Waals surface area contributed by atoms with Crippen molar-refractivity contribution in [2.75, 3.05) is 18.4 Å². The van der Waals surface area contributed by atoms with Gasteiger partial charge in [0.15, 0.2) is 5.82 Å². The van der Waals surface area contributed by atoms with Crippen LogP contribution in [0.1, 0.15) is 46.2 Å². The first-order chi connectivity index (χ1) is 16.5. The van der Waals surface area contributed by atoms with Crippen LogP contribution < -0.4 is 5.32 Å². The third kappa shape index (κ3) is 5.08. The average Bonchev–Trinajstić information content (AvgIpc) is 3.20. The average molecular weight is 484 g/mol. The van der Waals surface area contributed by atoms with Gasteiger partial charge in [-0.25, -0.2) is 9.67 Å². The van der Waals surface area contributed by atoms with Gasteiger partial charge >= 0.3 is 6.18 Å².